The molecule has 2 fully saturated rings. The molecule has 4 nitrogen and oxygen atoms in total. The predicted molar refractivity (Wildman–Crippen MR) is 95.9 cm³/mol. The van der Waals surface area contributed by atoms with Crippen molar-refractivity contribution in [1.29, 1.82) is 0 Å². The first kappa shape index (κ1) is 17.4. The maximum absolute atomic E-state index is 11.5. The summed E-state index contributed by atoms with van der Waals surface area (Å²) in [5, 5.41) is 13.8. The second-order valence-corrected chi connectivity index (χ2v) is 7.51. The van der Waals surface area contributed by atoms with Crippen LogP contribution >= 0.6 is 0 Å². The van der Waals surface area contributed by atoms with Gasteiger partial charge in [-0.2, -0.15) is 0 Å². The third-order valence-electron chi connectivity index (χ3n) is 5.95. The highest BCUT2D eigenvalue weighted by Gasteiger charge is 2.40. The highest BCUT2D eigenvalue weighted by Crippen LogP contribution is 2.39. The monoisotopic (exact) mass is 330 g/mol. The van der Waals surface area contributed by atoms with Gasteiger partial charge in [0.2, 0.25) is 5.91 Å². The number of nitrogens with one attached hydrogen (secondary N) is 1. The average molecular weight is 330 g/mol. The minimum absolute atomic E-state index is 0.0196. The molecule has 1 aliphatic heterocycles. The third kappa shape index (κ3) is 3.81. The number of aliphatic hydroxyl groups excluding tert-OH is 1. The van der Waals surface area contributed by atoms with E-state index in [1.165, 1.54) is 18.4 Å². The van der Waals surface area contributed by atoms with Gasteiger partial charge in [0.1, 0.15) is 0 Å². The molecule has 0 aromatic heterocycles. The summed E-state index contributed by atoms with van der Waals surface area (Å²) < 4.78 is 0. The summed E-state index contributed by atoms with van der Waals surface area (Å²) in [5.41, 5.74) is 1.22. The Bertz CT molecular complexity index is 542. The highest BCUT2D eigenvalue weighted by molar-refractivity contribution is 5.73. The molecule has 1 saturated carbocycles. The quantitative estimate of drug-likeness (QED) is 0.834. The van der Waals surface area contributed by atoms with E-state index in [-0.39, 0.29) is 23.5 Å². The summed E-state index contributed by atoms with van der Waals surface area (Å²) in [6.45, 7) is 4.47. The normalized spacial score (nSPS) is 31.6. The maximum Gasteiger partial charge on any atom is 0.216 e. The summed E-state index contributed by atoms with van der Waals surface area (Å²) in [6.07, 6.45) is 5.97. The molecule has 132 valence electrons. The van der Waals surface area contributed by atoms with Crippen molar-refractivity contribution < 1.29 is 9.90 Å². The molecule has 0 spiro atoms. The number of hydrogen-bond donors (Lipinski definition) is 2. The Hall–Kier alpha value is -1.39. The molecular weight excluding hydrogens is 300 g/mol. The van der Waals surface area contributed by atoms with Crippen LogP contribution in [0.5, 0.6) is 0 Å². The van der Waals surface area contributed by atoms with E-state index in [9.17, 15) is 9.90 Å². The van der Waals surface area contributed by atoms with Gasteiger partial charge in [0, 0.05) is 24.9 Å². The molecule has 1 amide bonds. The Labute approximate surface area is 145 Å². The largest absolute Gasteiger partial charge is 0.391 e. The second kappa shape index (κ2) is 7.66. The maximum atomic E-state index is 11.5. The van der Waals surface area contributed by atoms with Gasteiger partial charge in [0.25, 0.3) is 0 Å². The zero-order valence-electron chi connectivity index (χ0n) is 14.7. The summed E-state index contributed by atoms with van der Waals surface area (Å²) in [7, 11) is 0. The van der Waals surface area contributed by atoms with Crippen LogP contribution in [0.15, 0.2) is 30.3 Å². The fourth-order valence-corrected chi connectivity index (χ4v) is 4.51. The van der Waals surface area contributed by atoms with Crippen LogP contribution in [0.4, 0.5) is 0 Å². The van der Waals surface area contributed by atoms with Gasteiger partial charge < -0.3 is 10.4 Å². The fraction of sp³-hybridized carbons (Fsp3) is 0.650. The molecule has 0 unspecified atom stereocenters. The van der Waals surface area contributed by atoms with Crippen molar-refractivity contribution in [3.63, 3.8) is 0 Å². The van der Waals surface area contributed by atoms with E-state index in [4.69, 9.17) is 0 Å². The van der Waals surface area contributed by atoms with E-state index in [0.29, 0.717) is 6.54 Å². The van der Waals surface area contributed by atoms with Crippen molar-refractivity contribution >= 4 is 5.91 Å². The van der Waals surface area contributed by atoms with Crippen LogP contribution in [0, 0.1) is 0 Å². The Morgan fingerprint density at radius 1 is 1.21 bits per heavy atom. The van der Waals surface area contributed by atoms with Crippen molar-refractivity contribution in [1.82, 2.24) is 10.2 Å². The average Bonchev–Trinajstić information content (AvgIpc) is 3.06. The minimum atomic E-state index is -0.258. The van der Waals surface area contributed by atoms with Gasteiger partial charge in [-0.15, -0.1) is 0 Å². The lowest BCUT2D eigenvalue weighted by molar-refractivity contribution is -0.119. The van der Waals surface area contributed by atoms with Crippen molar-refractivity contribution in [3.05, 3.63) is 35.9 Å². The number of aliphatic hydroxyl groups is 1. The Morgan fingerprint density at radius 3 is 2.54 bits per heavy atom. The number of amides is 1. The predicted octanol–water partition coefficient (Wildman–Crippen LogP) is 2.46. The number of likely N-dealkylation sites (tertiary alicyclic amines) is 1. The first-order valence-corrected chi connectivity index (χ1v) is 9.33. The van der Waals surface area contributed by atoms with Crippen molar-refractivity contribution in [2.75, 3.05) is 19.6 Å². The molecule has 1 aromatic carbocycles. The van der Waals surface area contributed by atoms with Gasteiger partial charge in [-0.3, -0.25) is 9.69 Å². The van der Waals surface area contributed by atoms with Gasteiger partial charge >= 0.3 is 0 Å². The third-order valence-corrected chi connectivity index (χ3v) is 5.95. The molecule has 1 aromatic rings. The van der Waals surface area contributed by atoms with Gasteiger partial charge in [0.05, 0.1) is 6.10 Å². The summed E-state index contributed by atoms with van der Waals surface area (Å²) >= 11 is 0. The van der Waals surface area contributed by atoms with Crippen LogP contribution < -0.4 is 5.32 Å². The SMILES string of the molecule is CC(=O)NC[C@@]1(c2ccccc2)CC[C@H](O)[C@@H](N2CCCC2)CC1. The van der Waals surface area contributed by atoms with Crippen LogP contribution in [0.2, 0.25) is 0 Å². The lowest BCUT2D eigenvalue weighted by atomic mass is 9.74. The zero-order chi connectivity index (χ0) is 17.0. The van der Waals surface area contributed by atoms with Crippen molar-refractivity contribution in [2.24, 2.45) is 0 Å². The van der Waals surface area contributed by atoms with Crippen LogP contribution in [-0.2, 0) is 10.2 Å². The minimum Gasteiger partial charge on any atom is -0.391 e. The number of carbonyl (C=O) groups is 1. The summed E-state index contributed by atoms with van der Waals surface area (Å²) in [5.74, 6) is 0.0196. The van der Waals surface area contributed by atoms with E-state index in [2.05, 4.69) is 34.5 Å². The number of rotatable bonds is 4. The molecular formula is C20H30N2O2. The first-order chi connectivity index (χ1) is 11.6. The van der Waals surface area contributed by atoms with Crippen LogP contribution in [-0.4, -0.2) is 47.7 Å². The summed E-state index contributed by atoms with van der Waals surface area (Å²) in [4.78, 5) is 14.0. The van der Waals surface area contributed by atoms with E-state index >= 15 is 0 Å². The molecule has 1 heterocycles. The standard InChI is InChI=1S/C20H30N2O2/c1-16(23)21-15-20(17-7-3-2-4-8-17)11-9-18(19(24)10-12-20)22-13-5-6-14-22/h2-4,7-8,18-19,24H,5-6,9-15H2,1H3,(H,21,23)/t18-,19-,20-/m0/s1. The van der Waals surface area contributed by atoms with Crippen LogP contribution in [0.1, 0.15) is 51.0 Å². The van der Waals surface area contributed by atoms with Crippen LogP contribution in [0.3, 0.4) is 0 Å². The van der Waals surface area contributed by atoms with Crippen molar-refractivity contribution in [2.45, 2.75) is 63.0 Å². The molecule has 4 heteroatoms. The molecule has 1 saturated heterocycles. The van der Waals surface area contributed by atoms with E-state index in [1.807, 2.05) is 6.07 Å². The number of benzene rings is 1. The Balaban J connectivity index is 1.81. The van der Waals surface area contributed by atoms with Gasteiger partial charge in [-0.1, -0.05) is 30.3 Å². The molecule has 2 N–H and O–H groups in total. The number of carbonyl (C=O) groups excluding carboxylic acids is 1. The van der Waals surface area contributed by atoms with Crippen LogP contribution in [0.25, 0.3) is 0 Å². The van der Waals surface area contributed by atoms with Gasteiger partial charge in [-0.25, -0.2) is 0 Å². The molecule has 24 heavy (non-hydrogen) atoms. The van der Waals surface area contributed by atoms with E-state index in [0.717, 1.165) is 38.8 Å². The second-order valence-electron chi connectivity index (χ2n) is 7.51. The fourth-order valence-electron chi connectivity index (χ4n) is 4.51. The molecule has 0 radical (unpaired) electrons. The Kier molecular flexibility index (Phi) is 5.57. The Morgan fingerprint density at radius 2 is 1.88 bits per heavy atom. The zero-order valence-corrected chi connectivity index (χ0v) is 14.7. The topological polar surface area (TPSA) is 52.6 Å². The van der Waals surface area contributed by atoms with E-state index < -0.39 is 0 Å². The van der Waals surface area contributed by atoms with Gasteiger partial charge in [0.15, 0.2) is 0 Å². The first-order valence-electron chi connectivity index (χ1n) is 9.33. The highest BCUT2D eigenvalue weighted by atomic mass is 16.3. The molecule has 0 bridgehead atoms. The number of nitrogens with zero attached hydrogens (tertiary/aromatic N) is 1. The smallest absolute Gasteiger partial charge is 0.216 e. The lowest BCUT2D eigenvalue weighted by Crippen LogP contribution is -2.41. The molecule has 2 aliphatic rings. The molecule has 3 rings (SSSR count). The summed E-state index contributed by atoms with van der Waals surface area (Å²) in [6, 6.07) is 10.8. The van der Waals surface area contributed by atoms with Crippen molar-refractivity contribution in [3.8, 4) is 0 Å². The van der Waals surface area contributed by atoms with Gasteiger partial charge in [-0.05, 0) is 57.2 Å². The number of hydrogen-bond acceptors (Lipinski definition) is 3. The molecule has 1 aliphatic carbocycles. The molecule has 3 atom stereocenters. The lowest BCUT2D eigenvalue weighted by Gasteiger charge is -2.34. The van der Waals surface area contributed by atoms with E-state index in [1.54, 1.807) is 6.92 Å².